The molecule has 0 aliphatic carbocycles. The van der Waals surface area contributed by atoms with E-state index in [4.69, 9.17) is 0 Å². The van der Waals surface area contributed by atoms with Gasteiger partial charge in [0.2, 0.25) is 5.91 Å². The Hall–Kier alpha value is -3.25. The van der Waals surface area contributed by atoms with Crippen LogP contribution in [0.2, 0.25) is 0 Å². The maximum absolute atomic E-state index is 12.3. The van der Waals surface area contributed by atoms with Crippen LogP contribution in [0.15, 0.2) is 66.7 Å². The number of hydrogen-bond acceptors (Lipinski definition) is 4. The van der Waals surface area contributed by atoms with Gasteiger partial charge < -0.3 is 10.6 Å². The molecular formula is C24H23N3O2S. The van der Waals surface area contributed by atoms with E-state index >= 15 is 0 Å². The number of benzene rings is 3. The molecule has 5 nitrogen and oxygen atoms in total. The van der Waals surface area contributed by atoms with E-state index < -0.39 is 0 Å². The summed E-state index contributed by atoms with van der Waals surface area (Å²) in [6.07, 6.45) is 1.95. The lowest BCUT2D eigenvalue weighted by atomic mass is 10.1. The summed E-state index contributed by atoms with van der Waals surface area (Å²) in [4.78, 5) is 28.9. The Bertz CT molecular complexity index is 1150. The number of carbonyl (C=O) groups excluding carboxylic acids is 2. The van der Waals surface area contributed by atoms with Gasteiger partial charge in [0.15, 0.2) is 0 Å². The average Bonchev–Trinajstić information content (AvgIpc) is 3.19. The highest BCUT2D eigenvalue weighted by Gasteiger charge is 2.08. The fraction of sp³-hybridized carbons (Fsp3) is 0.208. The number of rotatable bonds is 8. The first-order valence-corrected chi connectivity index (χ1v) is 10.9. The molecule has 2 N–H and O–H groups in total. The first-order valence-electron chi connectivity index (χ1n) is 10.1. The van der Waals surface area contributed by atoms with Gasteiger partial charge in [0.05, 0.1) is 15.2 Å². The summed E-state index contributed by atoms with van der Waals surface area (Å²) >= 11 is 1.70. The van der Waals surface area contributed by atoms with Crippen molar-refractivity contribution in [1.82, 2.24) is 15.6 Å². The summed E-state index contributed by atoms with van der Waals surface area (Å²) in [5, 5.41) is 8.94. The van der Waals surface area contributed by atoms with Gasteiger partial charge in [0, 0.05) is 31.5 Å². The van der Waals surface area contributed by atoms with E-state index in [1.54, 1.807) is 17.4 Å². The van der Waals surface area contributed by atoms with Crippen molar-refractivity contribution in [2.45, 2.75) is 19.3 Å². The van der Waals surface area contributed by atoms with Gasteiger partial charge in [-0.05, 0) is 41.5 Å². The SMILES string of the molecule is O=C(CCNC(=O)c1ccc2ccccc2c1)NCCCc1nc2ccccc2s1. The van der Waals surface area contributed by atoms with Crippen LogP contribution >= 0.6 is 11.3 Å². The Balaban J connectivity index is 1.16. The fourth-order valence-corrected chi connectivity index (χ4v) is 4.31. The predicted octanol–water partition coefficient (Wildman–Crippen LogP) is 4.32. The second-order valence-electron chi connectivity index (χ2n) is 7.10. The number of nitrogens with one attached hydrogen (secondary N) is 2. The fourth-order valence-electron chi connectivity index (χ4n) is 3.30. The summed E-state index contributed by atoms with van der Waals surface area (Å²) in [5.41, 5.74) is 1.63. The number of amides is 2. The molecule has 0 atom stereocenters. The molecule has 0 saturated heterocycles. The molecule has 0 radical (unpaired) electrons. The van der Waals surface area contributed by atoms with Gasteiger partial charge in [-0.25, -0.2) is 4.98 Å². The van der Waals surface area contributed by atoms with Crippen LogP contribution in [0.3, 0.4) is 0 Å². The number of carbonyl (C=O) groups is 2. The highest BCUT2D eigenvalue weighted by molar-refractivity contribution is 7.18. The Labute approximate surface area is 179 Å². The van der Waals surface area contributed by atoms with Crippen LogP contribution < -0.4 is 10.6 Å². The molecule has 4 rings (SSSR count). The highest BCUT2D eigenvalue weighted by atomic mass is 32.1. The van der Waals surface area contributed by atoms with E-state index in [1.807, 2.05) is 54.6 Å². The predicted molar refractivity (Wildman–Crippen MR) is 122 cm³/mol. The molecule has 0 unspecified atom stereocenters. The minimum absolute atomic E-state index is 0.0573. The van der Waals surface area contributed by atoms with Crippen molar-refractivity contribution in [1.29, 1.82) is 0 Å². The van der Waals surface area contributed by atoms with Gasteiger partial charge in [-0.3, -0.25) is 9.59 Å². The zero-order valence-electron chi connectivity index (χ0n) is 16.6. The van der Waals surface area contributed by atoms with Crippen molar-refractivity contribution in [2.75, 3.05) is 13.1 Å². The third-order valence-corrected chi connectivity index (χ3v) is 5.97. The van der Waals surface area contributed by atoms with Crippen molar-refractivity contribution in [3.8, 4) is 0 Å². The van der Waals surface area contributed by atoms with Gasteiger partial charge >= 0.3 is 0 Å². The van der Waals surface area contributed by atoms with Crippen molar-refractivity contribution < 1.29 is 9.59 Å². The van der Waals surface area contributed by atoms with Gasteiger partial charge in [0.1, 0.15) is 0 Å². The molecule has 4 aromatic rings. The third-order valence-electron chi connectivity index (χ3n) is 4.88. The van der Waals surface area contributed by atoms with Crippen molar-refractivity contribution in [2.24, 2.45) is 0 Å². The van der Waals surface area contributed by atoms with E-state index in [2.05, 4.69) is 21.7 Å². The number of para-hydroxylation sites is 1. The molecule has 0 aliphatic heterocycles. The lowest BCUT2D eigenvalue weighted by Gasteiger charge is -2.07. The molecule has 0 bridgehead atoms. The Morgan fingerprint density at radius 3 is 2.53 bits per heavy atom. The summed E-state index contributed by atoms with van der Waals surface area (Å²) in [7, 11) is 0. The molecule has 0 aliphatic rings. The van der Waals surface area contributed by atoms with Crippen LogP contribution in [0.25, 0.3) is 21.0 Å². The van der Waals surface area contributed by atoms with Gasteiger partial charge in [-0.2, -0.15) is 0 Å². The summed E-state index contributed by atoms with van der Waals surface area (Å²) in [6, 6.07) is 21.6. The van der Waals surface area contributed by atoms with Crippen LogP contribution in [-0.2, 0) is 11.2 Å². The second kappa shape index (κ2) is 9.50. The van der Waals surface area contributed by atoms with Crippen LogP contribution in [0, 0.1) is 0 Å². The molecule has 3 aromatic carbocycles. The zero-order valence-corrected chi connectivity index (χ0v) is 17.4. The number of hydrogen-bond donors (Lipinski definition) is 2. The van der Waals surface area contributed by atoms with Gasteiger partial charge in [-0.1, -0.05) is 42.5 Å². The van der Waals surface area contributed by atoms with E-state index in [-0.39, 0.29) is 18.2 Å². The van der Waals surface area contributed by atoms with Crippen LogP contribution in [0.1, 0.15) is 28.2 Å². The standard InChI is InChI=1S/C24H23N3O2S/c28-22(25-14-5-10-23-27-20-8-3-4-9-21(20)30-23)13-15-26-24(29)19-12-11-17-6-1-2-7-18(17)16-19/h1-4,6-9,11-12,16H,5,10,13-15H2,(H,25,28)(H,26,29). The van der Waals surface area contributed by atoms with Crippen LogP contribution in [0.4, 0.5) is 0 Å². The van der Waals surface area contributed by atoms with E-state index in [9.17, 15) is 9.59 Å². The maximum Gasteiger partial charge on any atom is 0.251 e. The topological polar surface area (TPSA) is 71.1 Å². The molecule has 1 heterocycles. The van der Waals surface area contributed by atoms with Crippen molar-refractivity contribution in [3.05, 3.63) is 77.3 Å². The van der Waals surface area contributed by atoms with E-state index in [0.29, 0.717) is 18.7 Å². The second-order valence-corrected chi connectivity index (χ2v) is 8.21. The van der Waals surface area contributed by atoms with Crippen molar-refractivity contribution in [3.63, 3.8) is 0 Å². The summed E-state index contributed by atoms with van der Waals surface area (Å²) < 4.78 is 1.19. The monoisotopic (exact) mass is 417 g/mol. The summed E-state index contributed by atoms with van der Waals surface area (Å²) in [5.74, 6) is -0.220. The quantitative estimate of drug-likeness (QED) is 0.420. The zero-order chi connectivity index (χ0) is 20.8. The normalized spacial score (nSPS) is 10.9. The lowest BCUT2D eigenvalue weighted by Crippen LogP contribution is -2.31. The largest absolute Gasteiger partial charge is 0.356 e. The molecule has 6 heteroatoms. The number of fused-ring (bicyclic) bond motifs is 2. The number of nitrogens with zero attached hydrogens (tertiary/aromatic N) is 1. The molecule has 1 aromatic heterocycles. The lowest BCUT2D eigenvalue weighted by molar-refractivity contribution is -0.120. The van der Waals surface area contributed by atoms with Crippen molar-refractivity contribution >= 4 is 44.1 Å². The average molecular weight is 418 g/mol. The van der Waals surface area contributed by atoms with E-state index in [1.165, 1.54) is 4.70 Å². The van der Waals surface area contributed by atoms with Gasteiger partial charge in [-0.15, -0.1) is 11.3 Å². The molecule has 30 heavy (non-hydrogen) atoms. The van der Waals surface area contributed by atoms with Crippen LogP contribution in [0.5, 0.6) is 0 Å². The highest BCUT2D eigenvalue weighted by Crippen LogP contribution is 2.22. The number of thiazole rings is 1. The third kappa shape index (κ3) is 5.02. The molecule has 0 saturated carbocycles. The molecule has 0 spiro atoms. The maximum atomic E-state index is 12.3. The van der Waals surface area contributed by atoms with E-state index in [0.717, 1.165) is 34.1 Å². The Morgan fingerprint density at radius 2 is 1.67 bits per heavy atom. The summed E-state index contributed by atoms with van der Waals surface area (Å²) in [6.45, 7) is 0.919. The van der Waals surface area contributed by atoms with Gasteiger partial charge in [0.25, 0.3) is 5.91 Å². The molecular weight excluding hydrogens is 394 g/mol. The minimum Gasteiger partial charge on any atom is -0.356 e. The number of aromatic nitrogens is 1. The van der Waals surface area contributed by atoms with Crippen LogP contribution in [-0.4, -0.2) is 29.9 Å². The first-order chi connectivity index (χ1) is 14.7. The molecule has 152 valence electrons. The first kappa shape index (κ1) is 20.0. The molecule has 0 fully saturated rings. The number of aryl methyl sites for hydroxylation is 1. The Kier molecular flexibility index (Phi) is 6.35. The minimum atomic E-state index is -0.163. The Morgan fingerprint density at radius 1 is 0.867 bits per heavy atom. The molecule has 2 amide bonds. The smallest absolute Gasteiger partial charge is 0.251 e.